The van der Waals surface area contributed by atoms with E-state index in [1.165, 1.54) is 205 Å². The average Bonchev–Trinajstić information content (AvgIpc) is 3.37. The van der Waals surface area contributed by atoms with Crippen molar-refractivity contribution in [2.75, 3.05) is 40.9 Å². The van der Waals surface area contributed by atoms with Gasteiger partial charge in [0.15, 0.2) is 0 Å². The number of hydrogen-bond donors (Lipinski definition) is 3. The second-order valence-corrected chi connectivity index (χ2v) is 24.2. The van der Waals surface area contributed by atoms with Crippen molar-refractivity contribution in [2.24, 2.45) is 0 Å². The molecule has 0 aliphatic carbocycles. The van der Waals surface area contributed by atoms with Crippen LogP contribution in [-0.4, -0.2) is 73.4 Å². The van der Waals surface area contributed by atoms with Crippen molar-refractivity contribution in [1.29, 1.82) is 0 Å². The zero-order valence-corrected chi connectivity index (χ0v) is 50.9. The minimum absolute atomic E-state index is 0.0544. The number of aliphatic hydroxyl groups excluding tert-OH is 1. The molecular weight excluding hydrogens is 948 g/mol. The molecule has 0 radical (unpaired) electrons. The minimum atomic E-state index is -4.36. The summed E-state index contributed by atoms with van der Waals surface area (Å²) in [5, 5.41) is 14.0. The van der Waals surface area contributed by atoms with Gasteiger partial charge in [0.25, 0.3) is 0 Å². The SMILES string of the molecule is CC/C=C\C/C=C\C/C=C\C/C=C\CCCCCCCCCCCCCCCCC(=O)NC(COP(=O)(O)OCC[N+](C)(C)C)C(O)/C=C/CC/C=C/CCCCCCCCCCCCCCCCCCCCCC. The lowest BCUT2D eigenvalue weighted by molar-refractivity contribution is -0.870. The molecule has 1 amide bonds. The predicted molar refractivity (Wildman–Crippen MR) is 327 cm³/mol. The molecule has 8 nitrogen and oxygen atoms in total. The first kappa shape index (κ1) is 72.9. The number of rotatable bonds is 58. The van der Waals surface area contributed by atoms with E-state index >= 15 is 0 Å². The van der Waals surface area contributed by atoms with Crippen LogP contribution in [0.2, 0.25) is 0 Å². The summed E-state index contributed by atoms with van der Waals surface area (Å²) in [6.07, 6.45) is 78.8. The van der Waals surface area contributed by atoms with Crippen molar-refractivity contribution < 1.29 is 32.9 Å². The van der Waals surface area contributed by atoms with E-state index in [1.807, 2.05) is 27.2 Å². The van der Waals surface area contributed by atoms with Gasteiger partial charge >= 0.3 is 7.82 Å². The van der Waals surface area contributed by atoms with Crippen LogP contribution in [0.1, 0.15) is 290 Å². The highest BCUT2D eigenvalue weighted by Crippen LogP contribution is 2.43. The summed E-state index contributed by atoms with van der Waals surface area (Å²) in [4.78, 5) is 23.4. The molecule has 3 N–H and O–H groups in total. The van der Waals surface area contributed by atoms with Gasteiger partial charge in [-0.25, -0.2) is 4.57 Å². The lowest BCUT2D eigenvalue weighted by atomic mass is 10.0. The monoisotopic (exact) mass is 1070 g/mol. The number of hydrogen-bond acceptors (Lipinski definition) is 5. The van der Waals surface area contributed by atoms with E-state index in [-0.39, 0.29) is 19.1 Å². The molecule has 0 saturated heterocycles. The number of aliphatic hydroxyl groups is 1. The third-order valence-electron chi connectivity index (χ3n) is 14.2. The van der Waals surface area contributed by atoms with Crippen LogP contribution in [-0.2, 0) is 18.4 Å². The van der Waals surface area contributed by atoms with Crippen LogP contribution >= 0.6 is 7.82 Å². The highest BCUT2D eigenvalue weighted by atomic mass is 31.2. The summed E-state index contributed by atoms with van der Waals surface area (Å²) >= 11 is 0. The van der Waals surface area contributed by atoms with Crippen LogP contribution in [0.5, 0.6) is 0 Å². The lowest BCUT2D eigenvalue weighted by Crippen LogP contribution is -2.45. The van der Waals surface area contributed by atoms with E-state index in [4.69, 9.17) is 9.05 Å². The van der Waals surface area contributed by atoms with E-state index in [0.29, 0.717) is 17.4 Å². The van der Waals surface area contributed by atoms with Crippen molar-refractivity contribution in [3.63, 3.8) is 0 Å². The number of nitrogens with zero attached hydrogens (tertiary/aromatic N) is 1. The zero-order valence-electron chi connectivity index (χ0n) is 50.0. The van der Waals surface area contributed by atoms with Crippen molar-refractivity contribution in [2.45, 2.75) is 302 Å². The molecule has 0 heterocycles. The van der Waals surface area contributed by atoms with Crippen LogP contribution in [0.15, 0.2) is 72.9 Å². The first-order valence-corrected chi connectivity index (χ1v) is 33.3. The number of allylic oxidation sites excluding steroid dienone is 11. The topological polar surface area (TPSA) is 105 Å². The smallest absolute Gasteiger partial charge is 0.387 e. The third-order valence-corrected chi connectivity index (χ3v) is 15.1. The van der Waals surface area contributed by atoms with Gasteiger partial charge in [-0.15, -0.1) is 0 Å². The van der Waals surface area contributed by atoms with Gasteiger partial charge in [-0.2, -0.15) is 0 Å². The Labute approximate surface area is 465 Å². The van der Waals surface area contributed by atoms with E-state index in [1.54, 1.807) is 6.08 Å². The zero-order chi connectivity index (χ0) is 54.9. The van der Waals surface area contributed by atoms with Gasteiger partial charge in [0.05, 0.1) is 39.9 Å². The van der Waals surface area contributed by atoms with Gasteiger partial charge in [0.2, 0.25) is 5.91 Å². The first-order valence-electron chi connectivity index (χ1n) is 31.8. The number of phosphoric ester groups is 1. The lowest BCUT2D eigenvalue weighted by Gasteiger charge is -2.25. The summed E-state index contributed by atoms with van der Waals surface area (Å²) in [5.74, 6) is -0.186. The van der Waals surface area contributed by atoms with E-state index < -0.39 is 20.0 Å². The fourth-order valence-electron chi connectivity index (χ4n) is 9.23. The second kappa shape index (κ2) is 56.7. The normalized spacial score (nSPS) is 14.3. The molecule has 0 bridgehead atoms. The first-order chi connectivity index (χ1) is 36.5. The number of likely N-dealkylation sites (N-methyl/N-ethyl adjacent to an activating group) is 1. The second-order valence-electron chi connectivity index (χ2n) is 22.7. The largest absolute Gasteiger partial charge is 0.472 e. The van der Waals surface area contributed by atoms with Gasteiger partial charge in [-0.3, -0.25) is 13.8 Å². The number of unbranched alkanes of at least 4 members (excludes halogenated alkanes) is 35. The molecule has 3 atom stereocenters. The number of phosphoric acid groups is 1. The Morgan fingerprint density at radius 2 is 0.813 bits per heavy atom. The molecule has 3 unspecified atom stereocenters. The van der Waals surface area contributed by atoms with Crippen molar-refractivity contribution >= 4 is 13.7 Å². The number of nitrogens with one attached hydrogen (secondary N) is 1. The Morgan fingerprint density at radius 3 is 1.23 bits per heavy atom. The maximum atomic E-state index is 13.0. The highest BCUT2D eigenvalue weighted by Gasteiger charge is 2.27. The van der Waals surface area contributed by atoms with Crippen LogP contribution in [0.4, 0.5) is 0 Å². The van der Waals surface area contributed by atoms with Gasteiger partial charge in [-0.05, 0) is 70.6 Å². The number of amides is 1. The van der Waals surface area contributed by atoms with Crippen LogP contribution in [0.25, 0.3) is 0 Å². The summed E-state index contributed by atoms with van der Waals surface area (Å²) < 4.78 is 23.8. The molecule has 0 fully saturated rings. The molecule has 0 aromatic rings. The number of quaternary nitrogens is 1. The Morgan fingerprint density at radius 1 is 0.467 bits per heavy atom. The Balaban J connectivity index is 4.18. The van der Waals surface area contributed by atoms with Crippen LogP contribution in [0, 0.1) is 0 Å². The highest BCUT2D eigenvalue weighted by molar-refractivity contribution is 7.47. The van der Waals surface area contributed by atoms with Gasteiger partial charge < -0.3 is 19.8 Å². The van der Waals surface area contributed by atoms with Crippen molar-refractivity contribution in [3.05, 3.63) is 72.9 Å². The molecule has 0 aliphatic rings. The van der Waals surface area contributed by atoms with Crippen molar-refractivity contribution in [1.82, 2.24) is 5.32 Å². The molecule has 0 aromatic heterocycles. The van der Waals surface area contributed by atoms with Gasteiger partial charge in [-0.1, -0.05) is 286 Å². The van der Waals surface area contributed by atoms with Crippen LogP contribution < -0.4 is 5.32 Å². The molecule has 0 saturated carbocycles. The summed E-state index contributed by atoms with van der Waals surface area (Å²) in [6, 6.07) is -0.868. The fourth-order valence-corrected chi connectivity index (χ4v) is 9.96. The van der Waals surface area contributed by atoms with E-state index in [2.05, 4.69) is 79.9 Å². The van der Waals surface area contributed by atoms with Crippen molar-refractivity contribution in [3.8, 4) is 0 Å². The van der Waals surface area contributed by atoms with Gasteiger partial charge in [0.1, 0.15) is 13.2 Å². The molecule has 0 spiro atoms. The minimum Gasteiger partial charge on any atom is -0.387 e. The third kappa shape index (κ3) is 59.4. The summed E-state index contributed by atoms with van der Waals surface area (Å²) in [6.45, 7) is 4.71. The van der Waals surface area contributed by atoms with Gasteiger partial charge in [0, 0.05) is 6.42 Å². The maximum absolute atomic E-state index is 13.0. The molecule has 0 aliphatic heterocycles. The average molecular weight is 1070 g/mol. The summed E-state index contributed by atoms with van der Waals surface area (Å²) in [5.41, 5.74) is 0. The maximum Gasteiger partial charge on any atom is 0.472 e. The molecular formula is C66H124N2O6P+. The molecule has 9 heteroatoms. The number of carbonyl (C=O) groups is 1. The fraction of sp³-hybridized carbons (Fsp3) is 0.803. The quantitative estimate of drug-likeness (QED) is 0.0243. The van der Waals surface area contributed by atoms with E-state index in [0.717, 1.165) is 64.2 Å². The molecule has 0 aromatic carbocycles. The van der Waals surface area contributed by atoms with Crippen LogP contribution in [0.3, 0.4) is 0 Å². The number of carbonyl (C=O) groups excluding carboxylic acids is 1. The summed E-state index contributed by atoms with van der Waals surface area (Å²) in [7, 11) is 1.56. The molecule has 75 heavy (non-hydrogen) atoms. The molecule has 438 valence electrons. The Hall–Kier alpha value is -2.06. The predicted octanol–water partition coefficient (Wildman–Crippen LogP) is 19.8. The molecule has 0 rings (SSSR count). The Kier molecular flexibility index (Phi) is 55.1. The standard InChI is InChI=1S/C66H123N2O6P/c1-6-8-10-12-14-16-18-20-22-24-26-28-30-32-34-36-38-40-42-44-46-48-50-52-54-56-58-60-66(70)67-64(63-74-75(71,72)73-62-61-68(3,4)5)65(69)59-57-55-53-51-49-47-45-43-41-39-37-35-33-31-29-27-25-23-21-19-17-15-13-11-9-7-2/h8,10,14,16,20,22,26,28,49,51,57,59,64-65,69H,6-7,9,11-13,15,17-19,21,23-25,27,29-48,50,52-56,58,60-63H2,1-5H3,(H-,67,70,71,72)/p+1/b10-8-,16-14-,22-20-,28-26-,51-49+,59-57+. The van der Waals surface area contributed by atoms with E-state index in [9.17, 15) is 19.4 Å². The Bertz CT molecular complexity index is 1450.